The number of nitrogens with zero attached hydrogens (tertiary/aromatic N) is 1. The first kappa shape index (κ1) is 13.2. The minimum Gasteiger partial charge on any atom is -0.393 e. The molecule has 0 aliphatic rings. The summed E-state index contributed by atoms with van der Waals surface area (Å²) in [6, 6.07) is 2.85. The Labute approximate surface area is 98.0 Å². The summed E-state index contributed by atoms with van der Waals surface area (Å²) in [5, 5.41) is 30.9. The Hall–Kier alpha value is -1.86. The second-order valence-corrected chi connectivity index (χ2v) is 3.68. The number of nitrogen functional groups attached to an aromatic ring is 1. The number of rotatable bonds is 5. The predicted octanol–water partition coefficient (Wildman–Crippen LogP) is 0.598. The lowest BCUT2D eigenvalue weighted by Crippen LogP contribution is -2.13. The highest BCUT2D eigenvalue weighted by molar-refractivity contribution is 5.69. The summed E-state index contributed by atoms with van der Waals surface area (Å²) in [6.45, 7) is 2.07. The Morgan fingerprint density at radius 3 is 2.71 bits per heavy atom. The summed E-state index contributed by atoms with van der Waals surface area (Å²) >= 11 is 0. The number of aliphatic hydroxyl groups excluding tert-OH is 1. The van der Waals surface area contributed by atoms with Crippen LogP contribution < -0.4 is 11.1 Å². The molecular formula is C10H15N3O4. The van der Waals surface area contributed by atoms with E-state index in [1.165, 1.54) is 12.1 Å². The van der Waals surface area contributed by atoms with Gasteiger partial charge in [0.2, 0.25) is 0 Å². The normalized spacial score (nSPS) is 10.6. The molecule has 94 valence electrons. The van der Waals surface area contributed by atoms with Crippen molar-refractivity contribution in [1.82, 2.24) is 0 Å². The van der Waals surface area contributed by atoms with Crippen LogP contribution in [0.1, 0.15) is 12.0 Å². The van der Waals surface area contributed by atoms with Crippen molar-refractivity contribution >= 4 is 17.1 Å². The number of anilines is 2. The maximum atomic E-state index is 10.7. The number of benzene rings is 1. The van der Waals surface area contributed by atoms with Gasteiger partial charge in [-0.15, -0.1) is 0 Å². The molecule has 1 aromatic carbocycles. The van der Waals surface area contributed by atoms with E-state index in [-0.39, 0.29) is 17.8 Å². The van der Waals surface area contributed by atoms with Gasteiger partial charge in [-0.25, -0.2) is 0 Å². The summed E-state index contributed by atoms with van der Waals surface area (Å²) in [5.74, 6) is 0. The van der Waals surface area contributed by atoms with Gasteiger partial charge in [-0.1, -0.05) is 0 Å². The Balaban J connectivity index is 2.84. The molecule has 5 N–H and O–H groups in total. The Morgan fingerprint density at radius 2 is 2.18 bits per heavy atom. The molecule has 0 heterocycles. The van der Waals surface area contributed by atoms with Gasteiger partial charge >= 0.3 is 0 Å². The van der Waals surface area contributed by atoms with Crippen LogP contribution in [0.2, 0.25) is 0 Å². The zero-order valence-corrected chi connectivity index (χ0v) is 9.38. The highest BCUT2D eigenvalue weighted by Crippen LogP contribution is 2.28. The van der Waals surface area contributed by atoms with Crippen molar-refractivity contribution in [2.24, 2.45) is 0 Å². The fourth-order valence-electron chi connectivity index (χ4n) is 1.40. The lowest BCUT2D eigenvalue weighted by Gasteiger charge is -2.11. The van der Waals surface area contributed by atoms with Crippen LogP contribution in [-0.2, 0) is 0 Å². The largest absolute Gasteiger partial charge is 0.393 e. The third kappa shape index (κ3) is 3.58. The fraction of sp³-hybridized carbons (Fsp3) is 0.400. The molecular weight excluding hydrogens is 226 g/mol. The number of nitro benzene ring substituents is 1. The molecule has 7 heteroatoms. The van der Waals surface area contributed by atoms with E-state index in [4.69, 9.17) is 15.9 Å². The summed E-state index contributed by atoms with van der Waals surface area (Å²) in [6.07, 6.45) is -1.26. The van der Waals surface area contributed by atoms with Crippen molar-refractivity contribution < 1.29 is 15.1 Å². The third-order valence-electron chi connectivity index (χ3n) is 2.29. The molecule has 0 amide bonds. The van der Waals surface area contributed by atoms with E-state index in [2.05, 4.69) is 5.32 Å². The number of hydrogen-bond acceptors (Lipinski definition) is 6. The molecule has 0 aliphatic heterocycles. The van der Waals surface area contributed by atoms with Crippen LogP contribution in [0, 0.1) is 17.0 Å². The van der Waals surface area contributed by atoms with E-state index in [1.807, 2.05) is 0 Å². The molecule has 17 heavy (non-hydrogen) atoms. The second-order valence-electron chi connectivity index (χ2n) is 3.68. The van der Waals surface area contributed by atoms with Crippen molar-refractivity contribution in [2.45, 2.75) is 19.6 Å². The highest BCUT2D eigenvalue weighted by atomic mass is 16.6. The van der Waals surface area contributed by atoms with Crippen molar-refractivity contribution in [1.29, 1.82) is 0 Å². The van der Waals surface area contributed by atoms with Gasteiger partial charge in [0, 0.05) is 24.7 Å². The van der Waals surface area contributed by atoms with Gasteiger partial charge < -0.3 is 21.3 Å². The molecule has 0 aromatic heterocycles. The van der Waals surface area contributed by atoms with Crippen LogP contribution in [0.4, 0.5) is 17.1 Å². The number of aliphatic hydroxyl groups is 2. The van der Waals surface area contributed by atoms with E-state index < -0.39 is 11.2 Å². The van der Waals surface area contributed by atoms with Gasteiger partial charge in [-0.2, -0.15) is 0 Å². The van der Waals surface area contributed by atoms with E-state index in [0.29, 0.717) is 12.2 Å². The Bertz CT molecular complexity index is 420. The first-order valence-electron chi connectivity index (χ1n) is 5.06. The van der Waals surface area contributed by atoms with Crippen LogP contribution in [-0.4, -0.2) is 28.0 Å². The Morgan fingerprint density at radius 1 is 1.53 bits per heavy atom. The van der Waals surface area contributed by atoms with Crippen LogP contribution in [0.15, 0.2) is 12.1 Å². The van der Waals surface area contributed by atoms with Gasteiger partial charge in [0.1, 0.15) is 5.69 Å². The number of nitrogens with two attached hydrogens (primary N) is 1. The number of hydrogen-bond donors (Lipinski definition) is 4. The molecule has 0 fully saturated rings. The van der Waals surface area contributed by atoms with E-state index in [1.54, 1.807) is 6.92 Å². The monoisotopic (exact) mass is 241 g/mol. The number of nitro groups is 1. The lowest BCUT2D eigenvalue weighted by atomic mass is 10.1. The van der Waals surface area contributed by atoms with Gasteiger partial charge in [-0.05, 0) is 18.6 Å². The molecule has 0 saturated carbocycles. The van der Waals surface area contributed by atoms with Crippen LogP contribution in [0.3, 0.4) is 0 Å². The minimum absolute atomic E-state index is 0.111. The van der Waals surface area contributed by atoms with E-state index in [9.17, 15) is 10.1 Å². The number of nitrogens with one attached hydrogen (secondary N) is 1. The molecule has 0 atom stereocenters. The maximum absolute atomic E-state index is 10.7. The quantitative estimate of drug-likeness (QED) is 0.259. The van der Waals surface area contributed by atoms with Crippen molar-refractivity contribution in [3.8, 4) is 0 Å². The molecule has 0 bridgehead atoms. The smallest absolute Gasteiger partial charge is 0.294 e. The zero-order chi connectivity index (χ0) is 13.0. The van der Waals surface area contributed by atoms with Gasteiger partial charge in [0.25, 0.3) is 5.69 Å². The zero-order valence-electron chi connectivity index (χ0n) is 9.38. The standard InChI is InChI=1S/C10H15N3O4/c1-6-4-7(11)9(13(16)17)5-8(6)12-3-2-10(14)15/h4-5,10,12,14-15H,2-3,11H2,1H3. The van der Waals surface area contributed by atoms with E-state index >= 15 is 0 Å². The van der Waals surface area contributed by atoms with Crippen molar-refractivity contribution in [2.75, 3.05) is 17.6 Å². The van der Waals surface area contributed by atoms with Gasteiger partial charge in [0.15, 0.2) is 6.29 Å². The molecule has 1 rings (SSSR count). The summed E-state index contributed by atoms with van der Waals surface area (Å²) < 4.78 is 0. The van der Waals surface area contributed by atoms with Crippen molar-refractivity contribution in [3.05, 3.63) is 27.8 Å². The van der Waals surface area contributed by atoms with E-state index in [0.717, 1.165) is 5.56 Å². The second kappa shape index (κ2) is 5.46. The summed E-state index contributed by atoms with van der Waals surface area (Å²) in [4.78, 5) is 10.1. The average molecular weight is 241 g/mol. The van der Waals surface area contributed by atoms with Crippen molar-refractivity contribution in [3.63, 3.8) is 0 Å². The maximum Gasteiger partial charge on any atom is 0.294 e. The van der Waals surface area contributed by atoms with Crippen LogP contribution in [0.5, 0.6) is 0 Å². The third-order valence-corrected chi connectivity index (χ3v) is 2.29. The van der Waals surface area contributed by atoms with Gasteiger partial charge in [0.05, 0.1) is 4.92 Å². The highest BCUT2D eigenvalue weighted by Gasteiger charge is 2.14. The lowest BCUT2D eigenvalue weighted by molar-refractivity contribution is -0.383. The first-order valence-corrected chi connectivity index (χ1v) is 5.06. The average Bonchev–Trinajstić information content (AvgIpc) is 2.20. The summed E-state index contributed by atoms with van der Waals surface area (Å²) in [5.41, 5.74) is 6.79. The minimum atomic E-state index is -1.40. The molecule has 0 saturated heterocycles. The first-order chi connectivity index (χ1) is 7.91. The molecule has 1 aromatic rings. The Kier molecular flexibility index (Phi) is 4.24. The molecule has 0 radical (unpaired) electrons. The SMILES string of the molecule is Cc1cc(N)c([N+](=O)[O-])cc1NCCC(O)O. The number of aryl methyl sites for hydroxylation is 1. The van der Waals surface area contributed by atoms with Gasteiger partial charge in [-0.3, -0.25) is 10.1 Å². The molecule has 0 spiro atoms. The summed E-state index contributed by atoms with van der Waals surface area (Å²) in [7, 11) is 0. The molecule has 7 nitrogen and oxygen atoms in total. The van der Waals surface area contributed by atoms with Crippen LogP contribution in [0.25, 0.3) is 0 Å². The predicted molar refractivity (Wildman–Crippen MR) is 63.6 cm³/mol. The molecule has 0 aliphatic carbocycles. The fourth-order valence-corrected chi connectivity index (χ4v) is 1.40. The topological polar surface area (TPSA) is 122 Å². The van der Waals surface area contributed by atoms with Crippen LogP contribution >= 0.6 is 0 Å². The molecule has 0 unspecified atom stereocenters.